The Morgan fingerprint density at radius 1 is 1.20 bits per heavy atom. The smallest absolute Gasteiger partial charge is 0.369 e. The van der Waals surface area contributed by atoms with Crippen molar-refractivity contribution in [3.8, 4) is 11.3 Å². The highest BCUT2D eigenvalue weighted by atomic mass is 19.4. The molecule has 2 heterocycles. The summed E-state index contributed by atoms with van der Waals surface area (Å²) in [7, 11) is 0. The van der Waals surface area contributed by atoms with Gasteiger partial charge in [0.2, 0.25) is 0 Å². The molecule has 0 saturated carbocycles. The number of anilines is 1. The minimum atomic E-state index is -4.65. The normalized spacial score (nSPS) is 11.4. The number of pyridine rings is 1. The van der Waals surface area contributed by atoms with Crippen molar-refractivity contribution >= 4 is 5.82 Å². The Morgan fingerprint density at radius 2 is 1.95 bits per heavy atom. The van der Waals surface area contributed by atoms with Crippen LogP contribution < -0.4 is 5.32 Å². The van der Waals surface area contributed by atoms with Crippen LogP contribution in [0.15, 0.2) is 24.7 Å². The summed E-state index contributed by atoms with van der Waals surface area (Å²) in [5.41, 5.74) is -1.10. The second-order valence-corrected chi connectivity index (χ2v) is 3.87. The second kappa shape index (κ2) is 5.40. The summed E-state index contributed by atoms with van der Waals surface area (Å²) < 4.78 is 51.8. The van der Waals surface area contributed by atoms with Crippen LogP contribution >= 0.6 is 0 Å². The van der Waals surface area contributed by atoms with Gasteiger partial charge in [-0.05, 0) is 13.0 Å². The van der Waals surface area contributed by atoms with E-state index in [9.17, 15) is 17.6 Å². The Balaban J connectivity index is 2.52. The maximum absolute atomic E-state index is 13.0. The van der Waals surface area contributed by atoms with E-state index < -0.39 is 17.7 Å². The first-order valence-corrected chi connectivity index (χ1v) is 5.71. The van der Waals surface area contributed by atoms with Crippen LogP contribution in [0.2, 0.25) is 0 Å². The van der Waals surface area contributed by atoms with Crippen molar-refractivity contribution in [2.45, 2.75) is 13.1 Å². The highest BCUT2D eigenvalue weighted by Gasteiger charge is 2.36. The molecule has 0 amide bonds. The van der Waals surface area contributed by atoms with E-state index in [0.717, 1.165) is 18.5 Å². The first-order chi connectivity index (χ1) is 9.41. The molecule has 2 aromatic rings. The molecule has 0 radical (unpaired) electrons. The van der Waals surface area contributed by atoms with E-state index in [1.54, 1.807) is 6.92 Å². The Morgan fingerprint density at radius 3 is 2.55 bits per heavy atom. The predicted octanol–water partition coefficient (Wildman–Crippen LogP) is 3.13. The molecule has 0 aliphatic heterocycles. The maximum atomic E-state index is 13.0. The van der Waals surface area contributed by atoms with Gasteiger partial charge in [-0.3, -0.25) is 4.98 Å². The van der Waals surface area contributed by atoms with Gasteiger partial charge in [-0.2, -0.15) is 13.2 Å². The molecular weight excluding hydrogens is 276 g/mol. The average molecular weight is 286 g/mol. The minimum Gasteiger partial charge on any atom is -0.369 e. The van der Waals surface area contributed by atoms with Gasteiger partial charge in [-0.25, -0.2) is 14.4 Å². The van der Waals surface area contributed by atoms with Crippen molar-refractivity contribution in [2.24, 2.45) is 0 Å². The van der Waals surface area contributed by atoms with E-state index in [2.05, 4.69) is 20.3 Å². The molecule has 0 bridgehead atoms. The fourth-order valence-electron chi connectivity index (χ4n) is 1.57. The molecule has 8 heteroatoms. The average Bonchev–Trinajstić information content (AvgIpc) is 2.38. The Bertz CT molecular complexity index is 613. The summed E-state index contributed by atoms with van der Waals surface area (Å²) in [4.78, 5) is 10.8. The van der Waals surface area contributed by atoms with Crippen LogP contribution in [0.1, 0.15) is 12.6 Å². The molecule has 0 aliphatic carbocycles. The summed E-state index contributed by atoms with van der Waals surface area (Å²) in [6, 6.07) is 1.05. The number of rotatable bonds is 3. The molecule has 4 nitrogen and oxygen atoms in total. The summed E-state index contributed by atoms with van der Waals surface area (Å²) in [6.45, 7) is 1.92. The molecule has 0 spiro atoms. The van der Waals surface area contributed by atoms with Gasteiger partial charge in [-0.15, -0.1) is 0 Å². The van der Waals surface area contributed by atoms with E-state index in [-0.39, 0.29) is 23.6 Å². The van der Waals surface area contributed by atoms with Crippen LogP contribution in [0.4, 0.5) is 23.4 Å². The van der Waals surface area contributed by atoms with Crippen LogP contribution in [-0.4, -0.2) is 21.5 Å². The van der Waals surface area contributed by atoms with Gasteiger partial charge in [0.25, 0.3) is 0 Å². The number of halogens is 4. The molecule has 0 saturated heterocycles. The van der Waals surface area contributed by atoms with Crippen molar-refractivity contribution in [2.75, 3.05) is 11.9 Å². The summed E-state index contributed by atoms with van der Waals surface area (Å²) in [5.74, 6) is -1.01. The van der Waals surface area contributed by atoms with Crippen LogP contribution in [0.5, 0.6) is 0 Å². The van der Waals surface area contributed by atoms with Crippen LogP contribution in [-0.2, 0) is 6.18 Å². The summed E-state index contributed by atoms with van der Waals surface area (Å²) in [6.07, 6.45) is -1.33. The summed E-state index contributed by atoms with van der Waals surface area (Å²) >= 11 is 0. The molecule has 0 fully saturated rings. The Kier molecular flexibility index (Phi) is 3.82. The number of nitrogens with one attached hydrogen (secondary N) is 1. The van der Waals surface area contributed by atoms with E-state index in [4.69, 9.17) is 0 Å². The standard InChI is InChI=1S/C12H10F4N4/c1-2-18-11-10(12(14,15)16)20-9(6-19-11)7-3-8(13)5-17-4-7/h3-6H,2H2,1H3,(H,18,19). The quantitative estimate of drug-likeness (QED) is 0.881. The number of nitrogens with zero attached hydrogens (tertiary/aromatic N) is 3. The van der Waals surface area contributed by atoms with Crippen molar-refractivity contribution in [3.63, 3.8) is 0 Å². The van der Waals surface area contributed by atoms with Gasteiger partial charge in [0.15, 0.2) is 11.5 Å². The molecule has 0 atom stereocenters. The third kappa shape index (κ3) is 3.01. The van der Waals surface area contributed by atoms with Gasteiger partial charge in [0.05, 0.1) is 18.1 Å². The fraction of sp³-hybridized carbons (Fsp3) is 0.250. The largest absolute Gasteiger partial charge is 0.437 e. The fourth-order valence-corrected chi connectivity index (χ4v) is 1.57. The number of hydrogen-bond acceptors (Lipinski definition) is 4. The predicted molar refractivity (Wildman–Crippen MR) is 64.4 cm³/mol. The third-order valence-electron chi connectivity index (χ3n) is 2.39. The van der Waals surface area contributed by atoms with Crippen LogP contribution in [0.3, 0.4) is 0 Å². The Labute approximate surface area is 111 Å². The van der Waals surface area contributed by atoms with Crippen LogP contribution in [0.25, 0.3) is 11.3 Å². The zero-order valence-corrected chi connectivity index (χ0v) is 10.4. The van der Waals surface area contributed by atoms with E-state index in [1.807, 2.05) is 0 Å². The van der Waals surface area contributed by atoms with Crippen molar-refractivity contribution in [1.29, 1.82) is 0 Å². The highest BCUT2D eigenvalue weighted by Crippen LogP contribution is 2.33. The van der Waals surface area contributed by atoms with Crippen LogP contribution in [0, 0.1) is 5.82 Å². The van der Waals surface area contributed by atoms with E-state index in [0.29, 0.717) is 0 Å². The molecule has 106 valence electrons. The molecule has 20 heavy (non-hydrogen) atoms. The van der Waals surface area contributed by atoms with Gasteiger partial charge in [0.1, 0.15) is 5.82 Å². The SMILES string of the molecule is CCNc1ncc(-c2cncc(F)c2)nc1C(F)(F)F. The summed E-state index contributed by atoms with van der Waals surface area (Å²) in [5, 5.41) is 2.49. The molecule has 0 aliphatic rings. The molecule has 0 unspecified atom stereocenters. The van der Waals surface area contributed by atoms with Gasteiger partial charge >= 0.3 is 6.18 Å². The third-order valence-corrected chi connectivity index (χ3v) is 2.39. The monoisotopic (exact) mass is 286 g/mol. The molecule has 2 aromatic heterocycles. The highest BCUT2D eigenvalue weighted by molar-refractivity contribution is 5.59. The lowest BCUT2D eigenvalue weighted by atomic mass is 10.2. The van der Waals surface area contributed by atoms with Crippen molar-refractivity contribution in [1.82, 2.24) is 15.0 Å². The van der Waals surface area contributed by atoms with Gasteiger partial charge < -0.3 is 5.32 Å². The number of alkyl halides is 3. The lowest BCUT2D eigenvalue weighted by Crippen LogP contribution is -2.15. The van der Waals surface area contributed by atoms with Gasteiger partial charge in [-0.1, -0.05) is 0 Å². The van der Waals surface area contributed by atoms with Crippen molar-refractivity contribution in [3.05, 3.63) is 36.2 Å². The zero-order chi connectivity index (χ0) is 14.8. The molecular formula is C12H10F4N4. The molecule has 2 rings (SSSR count). The number of aromatic nitrogens is 3. The maximum Gasteiger partial charge on any atom is 0.437 e. The topological polar surface area (TPSA) is 50.7 Å². The Hall–Kier alpha value is -2.25. The second-order valence-electron chi connectivity index (χ2n) is 3.87. The first-order valence-electron chi connectivity index (χ1n) is 5.71. The number of hydrogen-bond donors (Lipinski definition) is 1. The lowest BCUT2D eigenvalue weighted by molar-refractivity contribution is -0.140. The lowest BCUT2D eigenvalue weighted by Gasteiger charge is -2.13. The van der Waals surface area contributed by atoms with Crippen molar-refractivity contribution < 1.29 is 17.6 Å². The first kappa shape index (κ1) is 14.2. The van der Waals surface area contributed by atoms with E-state index in [1.165, 1.54) is 6.20 Å². The molecule has 1 N–H and O–H groups in total. The zero-order valence-electron chi connectivity index (χ0n) is 10.4. The minimum absolute atomic E-state index is 0.0917. The molecule has 0 aromatic carbocycles. The van der Waals surface area contributed by atoms with E-state index >= 15 is 0 Å². The van der Waals surface area contributed by atoms with Gasteiger partial charge in [0, 0.05) is 18.3 Å².